The minimum atomic E-state index is 0.265. The van der Waals surface area contributed by atoms with Gasteiger partial charge in [-0.2, -0.15) is 0 Å². The molecule has 0 bridgehead atoms. The van der Waals surface area contributed by atoms with Gasteiger partial charge in [0.1, 0.15) is 0 Å². The van der Waals surface area contributed by atoms with Crippen LogP contribution in [-0.2, 0) is 4.74 Å². The number of ether oxygens (including phenoxy) is 1. The maximum Gasteiger partial charge on any atom is 0.0911 e. The van der Waals surface area contributed by atoms with Crippen molar-refractivity contribution in [2.24, 2.45) is 17.1 Å². The Kier molecular flexibility index (Phi) is 2.28. The first-order chi connectivity index (χ1) is 6.20. The minimum absolute atomic E-state index is 0.265. The lowest BCUT2D eigenvalue weighted by Crippen LogP contribution is -2.20. The van der Waals surface area contributed by atoms with Gasteiger partial charge in [0, 0.05) is 18.4 Å². The van der Waals surface area contributed by atoms with Crippen molar-refractivity contribution in [1.82, 2.24) is 0 Å². The first kappa shape index (κ1) is 9.00. The zero-order valence-electron chi connectivity index (χ0n) is 8.01. The molecule has 0 heterocycles. The monoisotopic (exact) mass is 182 g/mol. The lowest BCUT2D eigenvalue weighted by atomic mass is 10.0. The SMILES string of the molecule is N=C(N)CC1(COCC2CC2)CC1. The molecule has 2 fully saturated rings. The van der Waals surface area contributed by atoms with E-state index in [2.05, 4.69) is 0 Å². The normalized spacial score (nSPS) is 24.3. The Hall–Kier alpha value is -0.570. The van der Waals surface area contributed by atoms with Gasteiger partial charge in [0.2, 0.25) is 0 Å². The van der Waals surface area contributed by atoms with Crippen LogP contribution in [0.5, 0.6) is 0 Å². The average Bonchev–Trinajstić information content (AvgIpc) is 2.86. The van der Waals surface area contributed by atoms with Crippen LogP contribution in [0.3, 0.4) is 0 Å². The zero-order chi connectivity index (χ0) is 9.31. The van der Waals surface area contributed by atoms with E-state index >= 15 is 0 Å². The molecule has 0 aromatic rings. The van der Waals surface area contributed by atoms with Crippen LogP contribution in [0.4, 0.5) is 0 Å². The molecule has 2 saturated carbocycles. The quantitative estimate of drug-likeness (QED) is 0.483. The molecule has 0 amide bonds. The van der Waals surface area contributed by atoms with Crippen LogP contribution in [0.2, 0.25) is 0 Å². The molecule has 2 aliphatic carbocycles. The fourth-order valence-electron chi connectivity index (χ4n) is 1.68. The molecule has 0 atom stereocenters. The smallest absolute Gasteiger partial charge is 0.0911 e. The van der Waals surface area contributed by atoms with Gasteiger partial charge in [-0.15, -0.1) is 0 Å². The predicted octanol–water partition coefficient (Wildman–Crippen LogP) is 1.52. The maximum atomic E-state index is 7.24. The van der Waals surface area contributed by atoms with Crippen molar-refractivity contribution in [2.75, 3.05) is 13.2 Å². The molecule has 2 aliphatic rings. The van der Waals surface area contributed by atoms with Crippen LogP contribution in [0.15, 0.2) is 0 Å². The summed E-state index contributed by atoms with van der Waals surface area (Å²) in [7, 11) is 0. The lowest BCUT2D eigenvalue weighted by molar-refractivity contribution is 0.0846. The highest BCUT2D eigenvalue weighted by Gasteiger charge is 2.43. The summed E-state index contributed by atoms with van der Waals surface area (Å²) in [5.74, 6) is 1.15. The van der Waals surface area contributed by atoms with Gasteiger partial charge in [0.25, 0.3) is 0 Å². The molecule has 3 nitrogen and oxygen atoms in total. The molecule has 3 heteroatoms. The van der Waals surface area contributed by atoms with Crippen molar-refractivity contribution >= 4 is 5.84 Å². The van der Waals surface area contributed by atoms with Gasteiger partial charge < -0.3 is 10.5 Å². The highest BCUT2D eigenvalue weighted by molar-refractivity contribution is 5.78. The average molecular weight is 182 g/mol. The van der Waals surface area contributed by atoms with Crippen molar-refractivity contribution in [1.29, 1.82) is 5.41 Å². The molecule has 3 N–H and O–H groups in total. The summed E-state index contributed by atoms with van der Waals surface area (Å²) >= 11 is 0. The number of hydrogen-bond acceptors (Lipinski definition) is 2. The van der Waals surface area contributed by atoms with E-state index in [-0.39, 0.29) is 5.41 Å². The van der Waals surface area contributed by atoms with Crippen LogP contribution < -0.4 is 5.73 Å². The number of hydrogen-bond donors (Lipinski definition) is 2. The zero-order valence-corrected chi connectivity index (χ0v) is 8.01. The molecule has 0 aromatic heterocycles. The third-order valence-electron chi connectivity index (χ3n) is 2.98. The third kappa shape index (κ3) is 2.69. The van der Waals surface area contributed by atoms with E-state index in [9.17, 15) is 0 Å². The van der Waals surface area contributed by atoms with Crippen molar-refractivity contribution in [2.45, 2.75) is 32.1 Å². The van der Waals surface area contributed by atoms with Gasteiger partial charge in [-0.3, -0.25) is 5.41 Å². The fraction of sp³-hybridized carbons (Fsp3) is 0.900. The van der Waals surface area contributed by atoms with Gasteiger partial charge in [-0.1, -0.05) is 0 Å². The Morgan fingerprint density at radius 1 is 1.46 bits per heavy atom. The van der Waals surface area contributed by atoms with Gasteiger partial charge in [-0.25, -0.2) is 0 Å². The fourth-order valence-corrected chi connectivity index (χ4v) is 1.68. The van der Waals surface area contributed by atoms with E-state index < -0.39 is 0 Å². The van der Waals surface area contributed by atoms with Crippen LogP contribution in [0.1, 0.15) is 32.1 Å². The molecule has 0 saturated heterocycles. The van der Waals surface area contributed by atoms with Gasteiger partial charge >= 0.3 is 0 Å². The highest BCUT2D eigenvalue weighted by Crippen LogP contribution is 2.49. The van der Waals surface area contributed by atoms with Crippen LogP contribution >= 0.6 is 0 Å². The molecule has 2 rings (SSSR count). The van der Waals surface area contributed by atoms with Crippen LogP contribution in [-0.4, -0.2) is 19.0 Å². The van der Waals surface area contributed by atoms with Gasteiger partial charge in [-0.05, 0) is 31.6 Å². The maximum absolute atomic E-state index is 7.24. The summed E-state index contributed by atoms with van der Waals surface area (Å²) in [6.45, 7) is 1.75. The van der Waals surface area contributed by atoms with Crippen LogP contribution in [0, 0.1) is 16.7 Å². The first-order valence-electron chi connectivity index (χ1n) is 5.11. The Morgan fingerprint density at radius 3 is 2.62 bits per heavy atom. The molecule has 13 heavy (non-hydrogen) atoms. The second kappa shape index (κ2) is 3.29. The Morgan fingerprint density at radius 2 is 2.15 bits per heavy atom. The Bertz CT molecular complexity index is 207. The Labute approximate surface area is 79.2 Å². The number of nitrogens with two attached hydrogens (primary N) is 1. The molecular weight excluding hydrogens is 164 g/mol. The summed E-state index contributed by atoms with van der Waals surface area (Å²) in [6.07, 6.45) is 5.81. The Balaban J connectivity index is 1.64. The molecule has 0 spiro atoms. The summed E-state index contributed by atoms with van der Waals surface area (Å²) in [5, 5.41) is 7.24. The third-order valence-corrected chi connectivity index (χ3v) is 2.98. The van der Waals surface area contributed by atoms with Crippen molar-refractivity contribution in [3.63, 3.8) is 0 Å². The molecule has 0 unspecified atom stereocenters. The second-order valence-corrected chi connectivity index (χ2v) is 4.66. The van der Waals surface area contributed by atoms with Crippen molar-refractivity contribution in [3.8, 4) is 0 Å². The topological polar surface area (TPSA) is 59.1 Å². The highest BCUT2D eigenvalue weighted by atomic mass is 16.5. The standard InChI is InChI=1S/C10H18N2O/c11-9(12)5-10(3-4-10)7-13-6-8-1-2-8/h8H,1-7H2,(H3,11,12). The van der Waals surface area contributed by atoms with E-state index in [1.165, 1.54) is 25.7 Å². The molecule has 0 aromatic carbocycles. The minimum Gasteiger partial charge on any atom is -0.388 e. The second-order valence-electron chi connectivity index (χ2n) is 4.66. The number of rotatable bonds is 6. The van der Waals surface area contributed by atoms with Crippen molar-refractivity contribution in [3.05, 3.63) is 0 Å². The van der Waals surface area contributed by atoms with E-state index in [0.29, 0.717) is 5.84 Å². The summed E-state index contributed by atoms with van der Waals surface area (Å²) in [6, 6.07) is 0. The van der Waals surface area contributed by atoms with Gasteiger partial charge in [0.05, 0.1) is 12.4 Å². The van der Waals surface area contributed by atoms with Crippen LogP contribution in [0.25, 0.3) is 0 Å². The van der Waals surface area contributed by atoms with Gasteiger partial charge in [0.15, 0.2) is 0 Å². The van der Waals surface area contributed by atoms with E-state index in [4.69, 9.17) is 15.9 Å². The van der Waals surface area contributed by atoms with Crippen molar-refractivity contribution < 1.29 is 4.74 Å². The van der Waals surface area contributed by atoms with E-state index in [1.54, 1.807) is 0 Å². The van der Waals surface area contributed by atoms with E-state index in [1.807, 2.05) is 0 Å². The molecule has 0 aliphatic heterocycles. The predicted molar refractivity (Wildman–Crippen MR) is 51.7 cm³/mol. The molecule has 0 radical (unpaired) electrons. The summed E-state index contributed by atoms with van der Waals surface area (Å²) < 4.78 is 5.63. The number of amidine groups is 1. The van der Waals surface area contributed by atoms with E-state index in [0.717, 1.165) is 25.6 Å². The largest absolute Gasteiger partial charge is 0.388 e. The first-order valence-corrected chi connectivity index (χ1v) is 5.11. The number of nitrogens with one attached hydrogen (secondary N) is 1. The molecule has 74 valence electrons. The summed E-state index contributed by atoms with van der Waals surface area (Å²) in [4.78, 5) is 0. The molecular formula is C10H18N2O. The summed E-state index contributed by atoms with van der Waals surface area (Å²) in [5.41, 5.74) is 5.65. The lowest BCUT2D eigenvalue weighted by Gasteiger charge is -2.13.